The lowest BCUT2D eigenvalue weighted by molar-refractivity contribution is 0.441. The van der Waals surface area contributed by atoms with Crippen LogP contribution in [-0.4, -0.2) is 22.9 Å². The van der Waals surface area contributed by atoms with Gasteiger partial charge >= 0.3 is 0 Å². The molecule has 4 heteroatoms. The van der Waals surface area contributed by atoms with Gasteiger partial charge in [-0.25, -0.2) is 4.39 Å². The smallest absolute Gasteiger partial charge is 0.123 e. The van der Waals surface area contributed by atoms with Crippen molar-refractivity contribution < 1.29 is 4.39 Å². The number of aromatic nitrogens is 2. The van der Waals surface area contributed by atoms with Gasteiger partial charge in [0.25, 0.3) is 0 Å². The van der Waals surface area contributed by atoms with Crippen molar-refractivity contribution in [3.63, 3.8) is 0 Å². The molecule has 0 radical (unpaired) electrons. The monoisotopic (exact) mass is 259 g/mol. The molecule has 3 rings (SSSR count). The van der Waals surface area contributed by atoms with E-state index in [1.807, 2.05) is 11.7 Å². The van der Waals surface area contributed by atoms with Crippen molar-refractivity contribution in [2.45, 2.75) is 18.8 Å². The lowest BCUT2D eigenvalue weighted by atomic mass is 9.95. The van der Waals surface area contributed by atoms with Crippen LogP contribution in [0.15, 0.2) is 30.3 Å². The molecule has 1 unspecified atom stereocenters. The first-order chi connectivity index (χ1) is 9.24. The zero-order chi connectivity index (χ0) is 13.2. The zero-order valence-corrected chi connectivity index (χ0v) is 11.1. The summed E-state index contributed by atoms with van der Waals surface area (Å²) in [5, 5.41) is 7.98. The topological polar surface area (TPSA) is 29.9 Å². The number of hydrogen-bond donors (Lipinski definition) is 1. The van der Waals surface area contributed by atoms with Gasteiger partial charge in [0.2, 0.25) is 0 Å². The molecule has 100 valence electrons. The highest BCUT2D eigenvalue weighted by Crippen LogP contribution is 2.27. The van der Waals surface area contributed by atoms with Crippen LogP contribution >= 0.6 is 0 Å². The van der Waals surface area contributed by atoms with Gasteiger partial charge in [-0.1, -0.05) is 0 Å². The summed E-state index contributed by atoms with van der Waals surface area (Å²) in [5.41, 5.74) is 3.14. The van der Waals surface area contributed by atoms with Crippen LogP contribution in [0.25, 0.3) is 11.3 Å². The predicted octanol–water partition coefficient (Wildman–Crippen LogP) is 2.69. The third kappa shape index (κ3) is 2.54. The van der Waals surface area contributed by atoms with Crippen molar-refractivity contribution in [3.8, 4) is 11.3 Å². The Morgan fingerprint density at radius 1 is 1.32 bits per heavy atom. The molecule has 1 fully saturated rings. The van der Waals surface area contributed by atoms with Gasteiger partial charge in [-0.2, -0.15) is 5.10 Å². The molecule has 1 aromatic carbocycles. The van der Waals surface area contributed by atoms with Gasteiger partial charge in [0.05, 0.1) is 5.69 Å². The van der Waals surface area contributed by atoms with E-state index in [1.54, 1.807) is 12.1 Å². The second-order valence-electron chi connectivity index (χ2n) is 5.13. The van der Waals surface area contributed by atoms with Crippen LogP contribution < -0.4 is 5.32 Å². The Labute approximate surface area is 112 Å². The van der Waals surface area contributed by atoms with E-state index in [1.165, 1.54) is 30.7 Å². The lowest BCUT2D eigenvalue weighted by Gasteiger charge is -2.22. The average molecular weight is 259 g/mol. The van der Waals surface area contributed by atoms with Crippen LogP contribution in [0, 0.1) is 5.82 Å². The van der Waals surface area contributed by atoms with E-state index in [9.17, 15) is 4.39 Å². The van der Waals surface area contributed by atoms with Gasteiger partial charge in [-0.3, -0.25) is 4.68 Å². The van der Waals surface area contributed by atoms with Crippen LogP contribution in [0.3, 0.4) is 0 Å². The molecule has 2 heterocycles. The highest BCUT2D eigenvalue weighted by molar-refractivity contribution is 5.59. The van der Waals surface area contributed by atoms with E-state index in [4.69, 9.17) is 0 Å². The van der Waals surface area contributed by atoms with Crippen LogP contribution in [0.2, 0.25) is 0 Å². The van der Waals surface area contributed by atoms with Crippen molar-refractivity contribution in [3.05, 3.63) is 41.8 Å². The molecule has 19 heavy (non-hydrogen) atoms. The second-order valence-corrected chi connectivity index (χ2v) is 5.13. The molecule has 2 aromatic rings. The summed E-state index contributed by atoms with van der Waals surface area (Å²) < 4.78 is 14.9. The molecule has 0 bridgehead atoms. The summed E-state index contributed by atoms with van der Waals surface area (Å²) in [6.45, 7) is 2.13. The SMILES string of the molecule is Cn1nc(-c2ccc(F)cc2)cc1C1CCCNC1. The molecule has 1 atom stereocenters. The van der Waals surface area contributed by atoms with E-state index >= 15 is 0 Å². The van der Waals surface area contributed by atoms with E-state index in [0.29, 0.717) is 5.92 Å². The first kappa shape index (κ1) is 12.4. The number of benzene rings is 1. The minimum absolute atomic E-state index is 0.212. The van der Waals surface area contributed by atoms with Crippen LogP contribution in [0.5, 0.6) is 0 Å². The van der Waals surface area contributed by atoms with Gasteiger partial charge in [0.15, 0.2) is 0 Å². The maximum atomic E-state index is 12.9. The van der Waals surface area contributed by atoms with Crippen molar-refractivity contribution in [1.82, 2.24) is 15.1 Å². The Morgan fingerprint density at radius 2 is 2.11 bits per heavy atom. The third-order valence-electron chi connectivity index (χ3n) is 3.77. The molecule has 3 nitrogen and oxygen atoms in total. The Hall–Kier alpha value is -1.68. The number of piperidine rings is 1. The maximum absolute atomic E-state index is 12.9. The summed E-state index contributed by atoms with van der Waals surface area (Å²) in [6, 6.07) is 8.64. The number of aryl methyl sites for hydroxylation is 1. The Kier molecular flexibility index (Phi) is 3.34. The fraction of sp³-hybridized carbons (Fsp3) is 0.400. The molecule has 0 saturated carbocycles. The summed E-state index contributed by atoms with van der Waals surface area (Å²) >= 11 is 0. The van der Waals surface area contributed by atoms with Crippen molar-refractivity contribution >= 4 is 0 Å². The molecule has 1 N–H and O–H groups in total. The first-order valence-corrected chi connectivity index (χ1v) is 6.74. The van der Waals surface area contributed by atoms with Crippen molar-refractivity contribution in [2.75, 3.05) is 13.1 Å². The van der Waals surface area contributed by atoms with Crippen LogP contribution in [0.1, 0.15) is 24.5 Å². The molecular weight excluding hydrogens is 241 g/mol. The molecule has 1 aromatic heterocycles. The predicted molar refractivity (Wildman–Crippen MR) is 73.4 cm³/mol. The normalized spacial score (nSPS) is 19.6. The number of nitrogens with one attached hydrogen (secondary N) is 1. The zero-order valence-electron chi connectivity index (χ0n) is 11.1. The van der Waals surface area contributed by atoms with E-state index in [-0.39, 0.29) is 5.82 Å². The Morgan fingerprint density at radius 3 is 2.79 bits per heavy atom. The van der Waals surface area contributed by atoms with Gasteiger partial charge in [-0.15, -0.1) is 0 Å². The van der Waals surface area contributed by atoms with E-state index < -0.39 is 0 Å². The highest BCUT2D eigenvalue weighted by atomic mass is 19.1. The van der Waals surface area contributed by atoms with Crippen LogP contribution in [-0.2, 0) is 7.05 Å². The molecule has 1 saturated heterocycles. The van der Waals surface area contributed by atoms with Crippen molar-refractivity contribution in [2.24, 2.45) is 7.05 Å². The average Bonchev–Trinajstić information content (AvgIpc) is 2.83. The Balaban J connectivity index is 1.90. The number of halogens is 1. The summed E-state index contributed by atoms with van der Waals surface area (Å²) in [5.74, 6) is 0.317. The summed E-state index contributed by atoms with van der Waals surface area (Å²) in [7, 11) is 1.98. The van der Waals surface area contributed by atoms with Gasteiger partial charge in [-0.05, 0) is 49.7 Å². The molecule has 0 aliphatic carbocycles. The van der Waals surface area contributed by atoms with Crippen molar-refractivity contribution in [1.29, 1.82) is 0 Å². The maximum Gasteiger partial charge on any atom is 0.123 e. The molecule has 1 aliphatic rings. The standard InChI is InChI=1S/C15H18FN3/c1-19-15(12-3-2-8-17-10-12)9-14(18-19)11-4-6-13(16)7-5-11/h4-7,9,12,17H,2-3,8,10H2,1H3. The fourth-order valence-corrected chi connectivity index (χ4v) is 2.73. The minimum Gasteiger partial charge on any atom is -0.316 e. The second kappa shape index (κ2) is 5.13. The van der Waals surface area contributed by atoms with Gasteiger partial charge in [0, 0.05) is 30.8 Å². The summed E-state index contributed by atoms with van der Waals surface area (Å²) in [4.78, 5) is 0. The number of rotatable bonds is 2. The number of hydrogen-bond acceptors (Lipinski definition) is 2. The van der Waals surface area contributed by atoms with E-state index in [0.717, 1.165) is 24.3 Å². The third-order valence-corrected chi connectivity index (χ3v) is 3.77. The van der Waals surface area contributed by atoms with Gasteiger partial charge < -0.3 is 5.32 Å². The molecule has 1 aliphatic heterocycles. The molecule has 0 amide bonds. The quantitative estimate of drug-likeness (QED) is 0.898. The van der Waals surface area contributed by atoms with Gasteiger partial charge in [0.1, 0.15) is 5.82 Å². The molecular formula is C15H18FN3. The summed E-state index contributed by atoms with van der Waals surface area (Å²) in [6.07, 6.45) is 2.41. The minimum atomic E-state index is -0.212. The fourth-order valence-electron chi connectivity index (χ4n) is 2.73. The largest absolute Gasteiger partial charge is 0.316 e. The first-order valence-electron chi connectivity index (χ1n) is 6.74. The Bertz CT molecular complexity index is 553. The number of nitrogens with zero attached hydrogens (tertiary/aromatic N) is 2. The highest BCUT2D eigenvalue weighted by Gasteiger charge is 2.19. The van der Waals surface area contributed by atoms with E-state index in [2.05, 4.69) is 16.5 Å². The lowest BCUT2D eigenvalue weighted by Crippen LogP contribution is -2.29. The molecule has 0 spiro atoms. The van der Waals surface area contributed by atoms with Crippen LogP contribution in [0.4, 0.5) is 4.39 Å².